The summed E-state index contributed by atoms with van der Waals surface area (Å²) in [6, 6.07) is 27.7. The van der Waals surface area contributed by atoms with E-state index in [4.69, 9.17) is 14.2 Å². The third kappa shape index (κ3) is 7.58. The van der Waals surface area contributed by atoms with Gasteiger partial charge in [-0.15, -0.1) is 0 Å². The summed E-state index contributed by atoms with van der Waals surface area (Å²) in [5, 5.41) is 19.2. The van der Waals surface area contributed by atoms with Gasteiger partial charge >= 0.3 is 5.69 Å². The number of hydrogen-bond donors (Lipinski definition) is 1. The van der Waals surface area contributed by atoms with Crippen molar-refractivity contribution >= 4 is 11.4 Å². The van der Waals surface area contributed by atoms with E-state index in [9.17, 15) is 18.7 Å². The molecule has 2 aliphatic heterocycles. The lowest BCUT2D eigenvalue weighted by Gasteiger charge is -2.37. The van der Waals surface area contributed by atoms with E-state index >= 15 is 0 Å². The quantitative estimate of drug-likeness (QED) is 0.185. The van der Waals surface area contributed by atoms with Crippen LogP contribution in [0.5, 0.6) is 5.75 Å². The van der Waals surface area contributed by atoms with Crippen molar-refractivity contribution in [2.45, 2.75) is 37.5 Å². The second kappa shape index (κ2) is 15.5. The number of hydrogen-bond acceptors (Lipinski definition) is 10. The highest BCUT2D eigenvalue weighted by molar-refractivity contribution is 5.54. The van der Waals surface area contributed by atoms with Crippen molar-refractivity contribution in [2.75, 3.05) is 49.2 Å². The maximum absolute atomic E-state index is 14.9. The summed E-state index contributed by atoms with van der Waals surface area (Å²) in [5.74, 6) is -2.34. The molecule has 2 aromatic heterocycles. The molecule has 6 aromatic rings. The van der Waals surface area contributed by atoms with Gasteiger partial charge in [0.15, 0.2) is 0 Å². The van der Waals surface area contributed by atoms with Gasteiger partial charge in [0.05, 0.1) is 18.3 Å². The van der Waals surface area contributed by atoms with E-state index in [1.165, 1.54) is 45.0 Å². The molecule has 0 radical (unpaired) electrons. The van der Waals surface area contributed by atoms with Gasteiger partial charge in [0.1, 0.15) is 61.7 Å². The van der Waals surface area contributed by atoms with Gasteiger partial charge in [-0.2, -0.15) is 10.2 Å². The van der Waals surface area contributed by atoms with Crippen LogP contribution in [0.4, 0.5) is 20.2 Å². The van der Waals surface area contributed by atoms with Crippen molar-refractivity contribution in [3.63, 3.8) is 0 Å². The maximum Gasteiger partial charge on any atom is 0.350 e. The molecule has 2 fully saturated rings. The van der Waals surface area contributed by atoms with E-state index in [1.54, 1.807) is 6.92 Å². The van der Waals surface area contributed by atoms with Crippen LogP contribution in [0.15, 0.2) is 121 Å². The molecule has 13 nitrogen and oxygen atoms in total. The summed E-state index contributed by atoms with van der Waals surface area (Å²) in [6.07, 6.45) is 2.94. The predicted octanol–water partition coefficient (Wildman–Crippen LogP) is 4.87. The Labute approximate surface area is 315 Å². The van der Waals surface area contributed by atoms with E-state index in [2.05, 4.69) is 25.0 Å². The van der Waals surface area contributed by atoms with Gasteiger partial charge in [-0.1, -0.05) is 30.3 Å². The van der Waals surface area contributed by atoms with Crippen LogP contribution in [0.25, 0.3) is 5.69 Å². The van der Waals surface area contributed by atoms with Gasteiger partial charge < -0.3 is 29.1 Å². The summed E-state index contributed by atoms with van der Waals surface area (Å²) in [7, 11) is 0. The Morgan fingerprint density at radius 1 is 0.873 bits per heavy atom. The highest BCUT2D eigenvalue weighted by Gasteiger charge is 2.46. The Bertz CT molecular complexity index is 2240. The van der Waals surface area contributed by atoms with Crippen LogP contribution >= 0.6 is 0 Å². The lowest BCUT2D eigenvalue weighted by molar-refractivity contribution is -0.192. The summed E-state index contributed by atoms with van der Waals surface area (Å²) < 4.78 is 51.2. The first-order valence-corrected chi connectivity index (χ1v) is 18.1. The van der Waals surface area contributed by atoms with Crippen LogP contribution in [0.1, 0.15) is 30.2 Å². The monoisotopic (exact) mass is 750 g/mol. The Morgan fingerprint density at radius 2 is 1.55 bits per heavy atom. The molecule has 4 atom stereocenters. The van der Waals surface area contributed by atoms with Gasteiger partial charge in [-0.25, -0.2) is 32.5 Å². The molecule has 55 heavy (non-hydrogen) atoms. The standard InChI is InChI=1S/C40H40F2N8O5/c1-28(38(51)29-5-3-2-4-6-29)50-39(52)49(27-45-50)33-10-8-31(9-11-33)46-17-19-47(20-18-46)32-12-14-34(15-13-32)53-22-35-23-54-40(55-35,24-48-26-43-25-44-48)36-16-7-30(41)21-37(36)42/h2-16,21,25-28,35,38,51H,17-20,22-24H2,1H3/t28?,35-,38?,40-/m1/s1. The molecule has 2 saturated heterocycles. The highest BCUT2D eigenvalue weighted by Crippen LogP contribution is 2.38. The third-order valence-electron chi connectivity index (χ3n) is 10.1. The number of rotatable bonds is 12. The van der Waals surface area contributed by atoms with Crippen molar-refractivity contribution in [3.8, 4) is 11.4 Å². The number of benzene rings is 4. The minimum atomic E-state index is -1.52. The van der Waals surface area contributed by atoms with E-state index in [-0.39, 0.29) is 31.0 Å². The van der Waals surface area contributed by atoms with E-state index in [0.717, 1.165) is 49.2 Å². The van der Waals surface area contributed by atoms with Gasteiger partial charge in [-0.3, -0.25) is 0 Å². The normalized spacial score (nSPS) is 19.7. The fraction of sp³-hybridized carbons (Fsp3) is 0.300. The number of piperazine rings is 1. The zero-order valence-corrected chi connectivity index (χ0v) is 30.1. The van der Waals surface area contributed by atoms with Crippen LogP contribution in [0.3, 0.4) is 0 Å². The number of anilines is 2. The van der Waals surface area contributed by atoms with E-state index < -0.39 is 35.7 Å². The van der Waals surface area contributed by atoms with Crippen LogP contribution in [0.2, 0.25) is 0 Å². The highest BCUT2D eigenvalue weighted by atomic mass is 19.1. The minimum Gasteiger partial charge on any atom is -0.491 e. The molecule has 1 N–H and O–H groups in total. The molecule has 0 spiro atoms. The molecule has 2 aliphatic rings. The first kappa shape index (κ1) is 36.1. The average molecular weight is 751 g/mol. The third-order valence-corrected chi connectivity index (χ3v) is 10.1. The summed E-state index contributed by atoms with van der Waals surface area (Å²) in [5.41, 5.74) is 3.31. The zero-order valence-electron chi connectivity index (χ0n) is 30.1. The molecule has 8 rings (SSSR count). The van der Waals surface area contributed by atoms with Gasteiger partial charge in [0.25, 0.3) is 0 Å². The molecular weight excluding hydrogens is 710 g/mol. The Balaban J connectivity index is 0.840. The lowest BCUT2D eigenvalue weighted by Crippen LogP contribution is -2.46. The first-order chi connectivity index (χ1) is 26.8. The van der Waals surface area contributed by atoms with Crippen LogP contribution in [-0.4, -0.2) is 79.7 Å². The van der Waals surface area contributed by atoms with Crippen molar-refractivity contribution < 1.29 is 28.1 Å². The molecule has 15 heteroatoms. The topological polar surface area (TPSA) is 125 Å². The number of ether oxygens (including phenoxy) is 3. The maximum atomic E-state index is 14.9. The van der Waals surface area contributed by atoms with E-state index in [0.29, 0.717) is 11.4 Å². The van der Waals surface area contributed by atoms with Gasteiger partial charge in [0, 0.05) is 49.2 Å². The van der Waals surface area contributed by atoms with Crippen molar-refractivity contribution in [1.82, 2.24) is 29.1 Å². The summed E-state index contributed by atoms with van der Waals surface area (Å²) in [4.78, 5) is 21.8. The van der Waals surface area contributed by atoms with Crippen molar-refractivity contribution in [3.05, 3.63) is 149 Å². The Morgan fingerprint density at radius 3 is 2.20 bits per heavy atom. The molecule has 4 aromatic carbocycles. The molecule has 0 amide bonds. The van der Waals surface area contributed by atoms with Crippen LogP contribution in [0, 0.1) is 11.6 Å². The molecule has 0 bridgehead atoms. The minimum absolute atomic E-state index is 0.0227. The van der Waals surface area contributed by atoms with Crippen LogP contribution in [-0.2, 0) is 21.8 Å². The molecule has 4 heterocycles. The van der Waals surface area contributed by atoms with Crippen LogP contribution < -0.4 is 20.2 Å². The Kier molecular flexibility index (Phi) is 10.1. The van der Waals surface area contributed by atoms with Crippen molar-refractivity contribution in [2.24, 2.45) is 0 Å². The molecule has 2 unspecified atom stereocenters. The molecule has 0 saturated carbocycles. The fourth-order valence-corrected chi connectivity index (χ4v) is 7.11. The molecule has 0 aliphatic carbocycles. The van der Waals surface area contributed by atoms with Gasteiger partial charge in [-0.05, 0) is 73.2 Å². The second-order valence-electron chi connectivity index (χ2n) is 13.6. The smallest absolute Gasteiger partial charge is 0.350 e. The predicted molar refractivity (Wildman–Crippen MR) is 199 cm³/mol. The molecule has 284 valence electrons. The number of aliphatic hydroxyl groups excluding tert-OH is 1. The number of halogens is 2. The average Bonchev–Trinajstić information content (AvgIpc) is 3.98. The van der Waals surface area contributed by atoms with Gasteiger partial charge in [0.2, 0.25) is 5.79 Å². The Hall–Kier alpha value is -5.90. The fourth-order valence-electron chi connectivity index (χ4n) is 7.11. The van der Waals surface area contributed by atoms with E-state index in [1.807, 2.05) is 78.9 Å². The summed E-state index contributed by atoms with van der Waals surface area (Å²) >= 11 is 0. The number of aliphatic hydroxyl groups is 1. The largest absolute Gasteiger partial charge is 0.491 e. The SMILES string of the molecule is CC(C(O)c1ccccc1)n1ncn(-c2ccc(N3CCN(c4ccc(OC[C@@H]5CO[C@@](Cn6cncn6)(c6ccc(F)cc6F)O5)cc4)CC3)cc2)c1=O. The number of aromatic nitrogens is 6. The van der Waals surface area contributed by atoms with Crippen molar-refractivity contribution in [1.29, 1.82) is 0 Å². The lowest BCUT2D eigenvalue weighted by atomic mass is 10.0. The summed E-state index contributed by atoms with van der Waals surface area (Å²) in [6.45, 7) is 5.36. The molecular formula is C40H40F2N8O5. The first-order valence-electron chi connectivity index (χ1n) is 18.1. The zero-order chi connectivity index (χ0) is 37.9. The second-order valence-corrected chi connectivity index (χ2v) is 13.6. The number of nitrogens with zero attached hydrogens (tertiary/aromatic N) is 8.